The monoisotopic (exact) mass is 150 g/mol. The largest absolute Gasteiger partial charge is 0.321 e. The maximum Gasteiger partial charge on any atom is 0.179 e. The number of hydrogen-bond donors (Lipinski definition) is 1. The van der Waals surface area contributed by atoms with Gasteiger partial charge in [-0.2, -0.15) is 0 Å². The lowest BCUT2D eigenvalue weighted by molar-refractivity contribution is 0.0968. The highest BCUT2D eigenvalue weighted by Crippen LogP contribution is 1.99. The van der Waals surface area contributed by atoms with Gasteiger partial charge in [0.1, 0.15) is 0 Å². The normalized spacial score (nSPS) is 12.5. The molecule has 58 valence electrons. The summed E-state index contributed by atoms with van der Waals surface area (Å²) in [5, 5.41) is 0. The molecule has 0 aliphatic rings. The summed E-state index contributed by atoms with van der Waals surface area (Å²) in [6, 6.07) is 2.88. The van der Waals surface area contributed by atoms with E-state index in [2.05, 4.69) is 4.98 Å². The molecule has 1 aromatic rings. The van der Waals surface area contributed by atoms with Crippen molar-refractivity contribution in [1.82, 2.24) is 4.98 Å². The fraction of sp³-hybridized carbons (Fsp3) is 0.250. The molecular weight excluding hydrogens is 140 g/mol. The molecule has 1 heterocycles. The first-order chi connectivity index (χ1) is 5.22. The number of nitrogens with zero attached hydrogens (tertiary/aromatic N) is 1. The summed E-state index contributed by atoms with van der Waals surface area (Å²) in [5.74, 6) is -0.0487. The Hall–Kier alpha value is -1.22. The Morgan fingerprint density at radius 2 is 2.09 bits per heavy atom. The summed E-state index contributed by atoms with van der Waals surface area (Å²) in [4.78, 5) is 15.0. The van der Waals surface area contributed by atoms with E-state index in [1.165, 1.54) is 0 Å². The van der Waals surface area contributed by atoms with Gasteiger partial charge in [-0.05, 0) is 19.1 Å². The van der Waals surface area contributed by atoms with Crippen LogP contribution in [0.5, 0.6) is 0 Å². The Kier molecular flexibility index (Phi) is 2.33. The molecule has 0 aromatic carbocycles. The van der Waals surface area contributed by atoms with E-state index < -0.39 is 6.04 Å². The Labute approximate surface area is 65.2 Å². The molecule has 11 heavy (non-hydrogen) atoms. The average Bonchev–Trinajstić information content (AvgIpc) is 2.05. The van der Waals surface area contributed by atoms with Crippen LogP contribution in [0.1, 0.15) is 17.3 Å². The van der Waals surface area contributed by atoms with Crippen LogP contribution in [0.2, 0.25) is 0 Å². The zero-order chi connectivity index (χ0) is 8.27. The summed E-state index contributed by atoms with van der Waals surface area (Å²) in [6.45, 7) is 1.67. The fourth-order valence-electron chi connectivity index (χ4n) is 0.779. The number of ketones is 1. The van der Waals surface area contributed by atoms with Crippen molar-refractivity contribution in [3.05, 3.63) is 30.1 Å². The van der Waals surface area contributed by atoms with Crippen molar-refractivity contribution in [2.75, 3.05) is 0 Å². The lowest BCUT2D eigenvalue weighted by atomic mass is 10.1. The smallest absolute Gasteiger partial charge is 0.179 e. The van der Waals surface area contributed by atoms with E-state index in [1.807, 2.05) is 0 Å². The van der Waals surface area contributed by atoms with Crippen LogP contribution in [0.25, 0.3) is 0 Å². The van der Waals surface area contributed by atoms with Gasteiger partial charge < -0.3 is 5.73 Å². The van der Waals surface area contributed by atoms with Crippen LogP contribution in [-0.4, -0.2) is 16.8 Å². The Bertz CT molecular complexity index is 244. The molecule has 0 radical (unpaired) electrons. The van der Waals surface area contributed by atoms with Crippen LogP contribution in [0.3, 0.4) is 0 Å². The summed E-state index contributed by atoms with van der Waals surface area (Å²) in [6.07, 6.45) is 3.16. The summed E-state index contributed by atoms with van der Waals surface area (Å²) < 4.78 is 0. The summed E-state index contributed by atoms with van der Waals surface area (Å²) >= 11 is 0. The van der Waals surface area contributed by atoms with Gasteiger partial charge in [0.25, 0.3) is 0 Å². The molecule has 0 bridgehead atoms. The minimum atomic E-state index is -0.433. The molecule has 3 heteroatoms. The molecule has 2 N–H and O–H groups in total. The fourth-order valence-corrected chi connectivity index (χ4v) is 0.779. The van der Waals surface area contributed by atoms with Crippen LogP contribution in [0.4, 0.5) is 0 Å². The van der Waals surface area contributed by atoms with E-state index in [0.29, 0.717) is 5.56 Å². The first-order valence-corrected chi connectivity index (χ1v) is 3.41. The summed E-state index contributed by atoms with van der Waals surface area (Å²) in [7, 11) is 0. The number of carbonyl (C=O) groups excluding carboxylic acids is 1. The third-order valence-corrected chi connectivity index (χ3v) is 1.38. The highest BCUT2D eigenvalue weighted by Gasteiger charge is 2.08. The van der Waals surface area contributed by atoms with E-state index in [9.17, 15) is 4.79 Å². The molecular formula is C8H10N2O. The van der Waals surface area contributed by atoms with E-state index in [1.54, 1.807) is 31.5 Å². The number of pyridine rings is 1. The minimum Gasteiger partial charge on any atom is -0.321 e. The van der Waals surface area contributed by atoms with E-state index in [4.69, 9.17) is 5.73 Å². The van der Waals surface area contributed by atoms with Gasteiger partial charge in [-0.15, -0.1) is 0 Å². The number of Topliss-reactive ketones (excluding diaryl/α,β-unsaturated/α-hetero) is 1. The predicted octanol–water partition coefficient (Wildman–Crippen LogP) is 0.612. The van der Waals surface area contributed by atoms with Crippen molar-refractivity contribution in [3.63, 3.8) is 0 Å². The lowest BCUT2D eigenvalue weighted by Gasteiger charge is -2.01. The molecule has 1 rings (SSSR count). The van der Waals surface area contributed by atoms with Gasteiger partial charge >= 0.3 is 0 Å². The van der Waals surface area contributed by atoms with Crippen molar-refractivity contribution in [2.24, 2.45) is 5.73 Å². The minimum absolute atomic E-state index is 0.0487. The predicted molar refractivity (Wildman–Crippen MR) is 42.2 cm³/mol. The molecule has 0 saturated carbocycles. The Morgan fingerprint density at radius 1 is 1.55 bits per heavy atom. The molecule has 1 aromatic heterocycles. The quantitative estimate of drug-likeness (QED) is 0.628. The third-order valence-electron chi connectivity index (χ3n) is 1.38. The molecule has 0 fully saturated rings. The van der Waals surface area contributed by atoms with Gasteiger partial charge in [0.2, 0.25) is 0 Å². The maximum absolute atomic E-state index is 11.2. The Balaban J connectivity index is 2.86. The Morgan fingerprint density at radius 3 is 2.55 bits per heavy atom. The average molecular weight is 150 g/mol. The molecule has 1 atom stereocenters. The van der Waals surface area contributed by atoms with Crippen LogP contribution in [0, 0.1) is 0 Å². The van der Waals surface area contributed by atoms with Crippen LogP contribution >= 0.6 is 0 Å². The van der Waals surface area contributed by atoms with Crippen molar-refractivity contribution < 1.29 is 4.79 Å². The van der Waals surface area contributed by atoms with Crippen molar-refractivity contribution >= 4 is 5.78 Å². The molecule has 0 saturated heterocycles. The SMILES string of the molecule is C[C@H](N)C(=O)c1ccncc1. The van der Waals surface area contributed by atoms with E-state index in [0.717, 1.165) is 0 Å². The number of carbonyl (C=O) groups is 1. The second-order valence-corrected chi connectivity index (χ2v) is 2.39. The number of rotatable bonds is 2. The molecule has 0 aliphatic carbocycles. The molecule has 0 spiro atoms. The van der Waals surface area contributed by atoms with Crippen molar-refractivity contribution in [1.29, 1.82) is 0 Å². The molecule has 0 unspecified atom stereocenters. The third kappa shape index (κ3) is 1.85. The van der Waals surface area contributed by atoms with Crippen molar-refractivity contribution in [2.45, 2.75) is 13.0 Å². The van der Waals surface area contributed by atoms with E-state index >= 15 is 0 Å². The second kappa shape index (κ2) is 3.25. The number of aromatic nitrogens is 1. The van der Waals surface area contributed by atoms with Crippen LogP contribution in [-0.2, 0) is 0 Å². The zero-order valence-corrected chi connectivity index (χ0v) is 6.32. The maximum atomic E-state index is 11.2. The van der Waals surface area contributed by atoms with E-state index in [-0.39, 0.29) is 5.78 Å². The molecule has 3 nitrogen and oxygen atoms in total. The zero-order valence-electron chi connectivity index (χ0n) is 6.32. The second-order valence-electron chi connectivity index (χ2n) is 2.39. The van der Waals surface area contributed by atoms with Crippen molar-refractivity contribution in [3.8, 4) is 0 Å². The highest BCUT2D eigenvalue weighted by atomic mass is 16.1. The van der Waals surface area contributed by atoms with Crippen LogP contribution < -0.4 is 5.73 Å². The first-order valence-electron chi connectivity index (χ1n) is 3.41. The highest BCUT2D eigenvalue weighted by molar-refractivity contribution is 5.99. The summed E-state index contributed by atoms with van der Waals surface area (Å²) in [5.41, 5.74) is 6.02. The van der Waals surface area contributed by atoms with Gasteiger partial charge in [0, 0.05) is 18.0 Å². The van der Waals surface area contributed by atoms with Gasteiger partial charge in [0.15, 0.2) is 5.78 Å². The first kappa shape index (κ1) is 7.88. The molecule has 0 amide bonds. The van der Waals surface area contributed by atoms with Gasteiger partial charge in [-0.1, -0.05) is 0 Å². The standard InChI is InChI=1S/C8H10N2O/c1-6(9)8(11)7-2-4-10-5-3-7/h2-6H,9H2,1H3/t6-/m0/s1. The van der Waals surface area contributed by atoms with Gasteiger partial charge in [0.05, 0.1) is 6.04 Å². The van der Waals surface area contributed by atoms with Gasteiger partial charge in [-0.3, -0.25) is 9.78 Å². The number of nitrogens with two attached hydrogens (primary N) is 1. The van der Waals surface area contributed by atoms with Crippen LogP contribution in [0.15, 0.2) is 24.5 Å². The molecule has 0 aliphatic heterocycles. The van der Waals surface area contributed by atoms with Gasteiger partial charge in [-0.25, -0.2) is 0 Å². The lowest BCUT2D eigenvalue weighted by Crippen LogP contribution is -2.26. The topological polar surface area (TPSA) is 56.0 Å². The number of hydrogen-bond acceptors (Lipinski definition) is 3.